The summed E-state index contributed by atoms with van der Waals surface area (Å²) in [6.45, 7) is 0. The van der Waals surface area contributed by atoms with Gasteiger partial charge in [-0.05, 0) is 44.3 Å². The fourth-order valence-corrected chi connectivity index (χ4v) is 5.25. The maximum atomic E-state index is 12.2. The van der Waals surface area contributed by atoms with Crippen LogP contribution in [0.5, 0.6) is 0 Å². The van der Waals surface area contributed by atoms with Crippen LogP contribution >= 0.6 is 12.6 Å². The van der Waals surface area contributed by atoms with Crippen molar-refractivity contribution in [2.75, 3.05) is 0 Å². The zero-order valence-electron chi connectivity index (χ0n) is 21.8. The molecule has 44 heavy (non-hydrogen) atoms. The lowest BCUT2D eigenvalue weighted by atomic mass is 9.89. The van der Waals surface area contributed by atoms with Gasteiger partial charge in [0, 0.05) is 10.5 Å². The second-order valence-electron chi connectivity index (χ2n) is 9.39. The second-order valence-corrected chi connectivity index (χ2v) is 11.3. The Hall–Kier alpha value is -3.75. The van der Waals surface area contributed by atoms with E-state index in [0.717, 1.165) is 4.90 Å². The second kappa shape index (κ2) is 11.6. The summed E-state index contributed by atoms with van der Waals surface area (Å²) in [7, 11) is -7.17. The first-order chi connectivity index (χ1) is 20.3. The molecule has 3 nitrogen and oxygen atoms in total. The van der Waals surface area contributed by atoms with Gasteiger partial charge in [-0.15, -0.1) is 12.6 Å². The van der Waals surface area contributed by atoms with Crippen LogP contribution in [0.1, 0.15) is 0 Å². The van der Waals surface area contributed by atoms with Crippen LogP contribution in [0.2, 0.25) is 0 Å². The maximum absolute atomic E-state index is 12.2. The number of halogens is 9. The van der Waals surface area contributed by atoms with Crippen molar-refractivity contribution in [3.63, 3.8) is 0 Å². The lowest BCUT2D eigenvalue weighted by Crippen LogP contribution is -2.63. The van der Waals surface area contributed by atoms with Gasteiger partial charge < -0.3 is 0 Å². The maximum Gasteiger partial charge on any atom is 0.460 e. The molecule has 0 aliphatic heterocycles. The first kappa shape index (κ1) is 33.1. The van der Waals surface area contributed by atoms with Crippen LogP contribution < -0.4 is 0 Å². The molecule has 0 aliphatic carbocycles. The molecule has 1 N–H and O–H groups in total. The zero-order valence-corrected chi connectivity index (χ0v) is 23.5. The van der Waals surface area contributed by atoms with Crippen molar-refractivity contribution in [1.29, 1.82) is 0 Å². The van der Waals surface area contributed by atoms with Crippen molar-refractivity contribution in [3.8, 4) is 22.3 Å². The van der Waals surface area contributed by atoms with Gasteiger partial charge in [0.2, 0.25) is 0 Å². The summed E-state index contributed by atoms with van der Waals surface area (Å²) in [6, 6.07) is 36.5. The molecule has 0 saturated carbocycles. The molecule has 0 amide bonds. The molecule has 0 atom stereocenters. The molecular weight excluding hydrogens is 643 g/mol. The highest BCUT2D eigenvalue weighted by Crippen LogP contribution is 2.54. The van der Waals surface area contributed by atoms with Gasteiger partial charge in [0.25, 0.3) is 0 Å². The number of rotatable bonds is 5. The largest absolute Gasteiger partial charge is 0.460 e. The Morgan fingerprint density at radius 2 is 0.932 bits per heavy atom. The summed E-state index contributed by atoms with van der Waals surface area (Å²) >= 11 is 4.85. The average molecular weight is 663 g/mol. The summed E-state index contributed by atoms with van der Waals surface area (Å²) < 4.78 is 134. The standard InChI is InChI=1S/C26H18S.C4HF9O3S/c27-25-17-7-16-24(22-14-5-10-18-8-1-3-12-20(18)22)26(25)23-15-6-11-19-9-2-4-13-21(19)23;5-1(6,3(9,10)11)2(7,8)4(12,13)17(14,15)16/h1-17,27H;(H,14,15,16). The van der Waals surface area contributed by atoms with Crippen LogP contribution in [-0.2, 0) is 10.1 Å². The van der Waals surface area contributed by atoms with E-state index in [0.29, 0.717) is 0 Å². The molecule has 0 aromatic heterocycles. The van der Waals surface area contributed by atoms with Crippen molar-refractivity contribution in [2.45, 2.75) is 28.2 Å². The molecule has 0 fully saturated rings. The normalized spacial score (nSPS) is 13.1. The van der Waals surface area contributed by atoms with Crippen molar-refractivity contribution < 1.29 is 52.5 Å². The van der Waals surface area contributed by atoms with Gasteiger partial charge in [0.15, 0.2) is 0 Å². The lowest BCUT2D eigenvalue weighted by Gasteiger charge is -2.31. The van der Waals surface area contributed by atoms with E-state index in [2.05, 4.69) is 103 Å². The number of benzene rings is 5. The van der Waals surface area contributed by atoms with Gasteiger partial charge in [-0.1, -0.05) is 97.1 Å². The van der Waals surface area contributed by atoms with Crippen LogP contribution in [0, 0.1) is 0 Å². The molecule has 0 spiro atoms. The molecule has 5 aromatic carbocycles. The first-order valence-electron chi connectivity index (χ1n) is 12.3. The molecule has 0 aliphatic rings. The number of thiol groups is 1. The van der Waals surface area contributed by atoms with E-state index < -0.39 is 33.4 Å². The van der Waals surface area contributed by atoms with E-state index >= 15 is 0 Å². The fourth-order valence-electron chi connectivity index (χ4n) is 4.47. The van der Waals surface area contributed by atoms with Crippen LogP contribution in [0.25, 0.3) is 43.8 Å². The van der Waals surface area contributed by atoms with Gasteiger partial charge in [-0.3, -0.25) is 4.55 Å². The molecule has 0 saturated heterocycles. The third kappa shape index (κ3) is 5.73. The Morgan fingerprint density at radius 3 is 1.43 bits per heavy atom. The highest BCUT2D eigenvalue weighted by molar-refractivity contribution is 7.87. The summed E-state index contributed by atoms with van der Waals surface area (Å²) in [5, 5.41) is -1.98. The van der Waals surface area contributed by atoms with Crippen LogP contribution in [-0.4, -0.2) is 36.2 Å². The van der Waals surface area contributed by atoms with Crippen LogP contribution in [0.3, 0.4) is 0 Å². The zero-order chi connectivity index (χ0) is 32.7. The summed E-state index contributed by atoms with van der Waals surface area (Å²) in [4.78, 5) is 0.997. The Balaban J connectivity index is 0.000000227. The first-order valence-corrected chi connectivity index (χ1v) is 14.2. The number of alkyl halides is 9. The van der Waals surface area contributed by atoms with E-state index in [-0.39, 0.29) is 0 Å². The molecule has 5 rings (SSSR count). The van der Waals surface area contributed by atoms with Gasteiger partial charge >= 0.3 is 33.4 Å². The lowest BCUT2D eigenvalue weighted by molar-refractivity contribution is -0.382. The molecule has 14 heteroatoms. The van der Waals surface area contributed by atoms with E-state index in [1.807, 2.05) is 0 Å². The van der Waals surface area contributed by atoms with Crippen molar-refractivity contribution in [3.05, 3.63) is 103 Å². The third-order valence-electron chi connectivity index (χ3n) is 6.62. The van der Waals surface area contributed by atoms with E-state index in [1.54, 1.807) is 0 Å². The van der Waals surface area contributed by atoms with Crippen molar-refractivity contribution in [2.24, 2.45) is 0 Å². The molecule has 0 bridgehead atoms. The fraction of sp³-hybridized carbons (Fsp3) is 0.133. The van der Waals surface area contributed by atoms with Gasteiger partial charge in [-0.25, -0.2) is 0 Å². The Kier molecular flexibility index (Phi) is 8.77. The predicted octanol–water partition coefficient (Wildman–Crippen LogP) is 9.92. The predicted molar refractivity (Wildman–Crippen MR) is 152 cm³/mol. The SMILES string of the molecule is O=S(=O)(O)C(F)(F)C(F)(F)C(F)(F)C(F)(F)F.Sc1cccc(-c2cccc3ccccc23)c1-c1cccc2ccccc12. The minimum absolute atomic E-state index is 0.997. The van der Waals surface area contributed by atoms with Gasteiger partial charge in [0.1, 0.15) is 0 Å². The van der Waals surface area contributed by atoms with E-state index in [4.69, 9.17) is 17.2 Å². The van der Waals surface area contributed by atoms with E-state index in [1.165, 1.54) is 43.8 Å². The van der Waals surface area contributed by atoms with Crippen molar-refractivity contribution >= 4 is 44.3 Å². The molecule has 0 unspecified atom stereocenters. The summed E-state index contributed by atoms with van der Waals surface area (Å²) in [5.74, 6) is -14.7. The van der Waals surface area contributed by atoms with Crippen LogP contribution in [0.4, 0.5) is 39.5 Å². The summed E-state index contributed by atoms with van der Waals surface area (Å²) in [5.41, 5.74) is 4.87. The number of hydrogen-bond donors (Lipinski definition) is 2. The Morgan fingerprint density at radius 1 is 0.523 bits per heavy atom. The molecular formula is C30H19F9O3S2. The van der Waals surface area contributed by atoms with Gasteiger partial charge in [0.05, 0.1) is 0 Å². The minimum atomic E-state index is -7.37. The number of fused-ring (bicyclic) bond motifs is 2. The van der Waals surface area contributed by atoms with E-state index in [9.17, 15) is 47.9 Å². The quantitative estimate of drug-likeness (QED) is 0.112. The molecule has 0 radical (unpaired) electrons. The summed E-state index contributed by atoms with van der Waals surface area (Å²) in [6.07, 6.45) is -7.13. The van der Waals surface area contributed by atoms with Crippen LogP contribution in [0.15, 0.2) is 108 Å². The minimum Gasteiger partial charge on any atom is -0.281 e. The molecule has 5 aromatic rings. The third-order valence-corrected chi connectivity index (χ3v) is 7.90. The average Bonchev–Trinajstić information content (AvgIpc) is 2.95. The topological polar surface area (TPSA) is 54.4 Å². The number of hydrogen-bond acceptors (Lipinski definition) is 3. The molecule has 0 heterocycles. The molecule has 232 valence electrons. The Bertz CT molecular complexity index is 1930. The monoisotopic (exact) mass is 662 g/mol. The smallest absolute Gasteiger partial charge is 0.281 e. The van der Waals surface area contributed by atoms with Crippen molar-refractivity contribution in [1.82, 2.24) is 0 Å². The highest BCUT2D eigenvalue weighted by atomic mass is 32.2. The highest BCUT2D eigenvalue weighted by Gasteiger charge is 2.85. The van der Waals surface area contributed by atoms with Gasteiger partial charge in [-0.2, -0.15) is 47.9 Å². The Labute approximate surface area is 250 Å².